The van der Waals surface area contributed by atoms with Crippen LogP contribution in [-0.4, -0.2) is 27.6 Å². The number of hydrogen-bond acceptors (Lipinski definition) is 4. The number of rotatable bonds is 0. The van der Waals surface area contributed by atoms with E-state index in [1.807, 2.05) is 0 Å². The molecule has 0 aromatic carbocycles. The SMILES string of the molecule is Cc1ncccc1O.O=S(=O)(O)O. The molecule has 0 fully saturated rings. The average molecular weight is 207 g/mol. The van der Waals surface area contributed by atoms with Crippen molar-refractivity contribution in [3.05, 3.63) is 24.0 Å². The first-order chi connectivity index (χ1) is 5.80. The zero-order chi connectivity index (χ0) is 10.5. The van der Waals surface area contributed by atoms with Crippen LogP contribution in [0, 0.1) is 6.92 Å². The zero-order valence-electron chi connectivity index (χ0n) is 6.75. The molecule has 0 amide bonds. The van der Waals surface area contributed by atoms with E-state index < -0.39 is 10.4 Å². The molecule has 13 heavy (non-hydrogen) atoms. The fourth-order valence-corrected chi connectivity index (χ4v) is 0.476. The first-order valence-electron chi connectivity index (χ1n) is 3.11. The lowest BCUT2D eigenvalue weighted by Gasteiger charge is -1.91. The highest BCUT2D eigenvalue weighted by Crippen LogP contribution is 2.08. The van der Waals surface area contributed by atoms with Crippen LogP contribution in [0.1, 0.15) is 5.69 Å². The van der Waals surface area contributed by atoms with Crippen LogP contribution in [0.3, 0.4) is 0 Å². The van der Waals surface area contributed by atoms with Gasteiger partial charge < -0.3 is 5.11 Å². The third-order valence-electron chi connectivity index (χ3n) is 0.979. The lowest BCUT2D eigenvalue weighted by molar-refractivity contribution is 0.381. The highest BCUT2D eigenvalue weighted by molar-refractivity contribution is 7.79. The van der Waals surface area contributed by atoms with Crippen molar-refractivity contribution >= 4 is 10.4 Å². The summed E-state index contributed by atoms with van der Waals surface area (Å²) in [5.74, 6) is 0.257. The molecule has 0 saturated carbocycles. The molecule has 0 unspecified atom stereocenters. The van der Waals surface area contributed by atoms with Crippen LogP contribution >= 0.6 is 0 Å². The molecule has 1 rings (SSSR count). The van der Waals surface area contributed by atoms with Gasteiger partial charge in [-0.1, -0.05) is 0 Å². The average Bonchev–Trinajstić information content (AvgIpc) is 1.92. The lowest BCUT2D eigenvalue weighted by atomic mass is 10.3. The maximum Gasteiger partial charge on any atom is 0.394 e. The Labute approximate surface area is 75.4 Å². The van der Waals surface area contributed by atoms with E-state index in [1.54, 1.807) is 25.3 Å². The quantitative estimate of drug-likeness (QED) is 0.533. The Hall–Kier alpha value is -1.18. The number of aromatic hydroxyl groups is 1. The molecule has 0 radical (unpaired) electrons. The van der Waals surface area contributed by atoms with E-state index in [0.717, 1.165) is 0 Å². The third-order valence-corrected chi connectivity index (χ3v) is 0.979. The fourth-order valence-electron chi connectivity index (χ4n) is 0.476. The van der Waals surface area contributed by atoms with Crippen molar-refractivity contribution in [2.45, 2.75) is 6.92 Å². The minimum absolute atomic E-state index is 0.257. The van der Waals surface area contributed by atoms with Gasteiger partial charge in [0.05, 0.1) is 5.69 Å². The lowest BCUT2D eigenvalue weighted by Crippen LogP contribution is -1.89. The van der Waals surface area contributed by atoms with Crippen molar-refractivity contribution in [3.8, 4) is 5.75 Å². The molecule has 1 aromatic rings. The van der Waals surface area contributed by atoms with Gasteiger partial charge in [0.15, 0.2) is 0 Å². The Morgan fingerprint density at radius 2 is 1.85 bits per heavy atom. The van der Waals surface area contributed by atoms with Gasteiger partial charge in [0.1, 0.15) is 5.75 Å². The summed E-state index contributed by atoms with van der Waals surface area (Å²) in [5, 5.41) is 8.86. The van der Waals surface area contributed by atoms with Crippen molar-refractivity contribution in [2.75, 3.05) is 0 Å². The van der Waals surface area contributed by atoms with Gasteiger partial charge >= 0.3 is 10.4 Å². The van der Waals surface area contributed by atoms with Crippen molar-refractivity contribution < 1.29 is 22.6 Å². The second-order valence-corrected chi connectivity index (χ2v) is 2.95. The second-order valence-electron chi connectivity index (χ2n) is 2.06. The largest absolute Gasteiger partial charge is 0.506 e. The van der Waals surface area contributed by atoms with E-state index in [2.05, 4.69) is 4.98 Å². The van der Waals surface area contributed by atoms with E-state index in [0.29, 0.717) is 5.69 Å². The van der Waals surface area contributed by atoms with E-state index in [-0.39, 0.29) is 5.75 Å². The summed E-state index contributed by atoms with van der Waals surface area (Å²) in [6, 6.07) is 3.31. The molecular formula is C6H9NO5S. The van der Waals surface area contributed by atoms with E-state index >= 15 is 0 Å². The van der Waals surface area contributed by atoms with Crippen LogP contribution in [0.4, 0.5) is 0 Å². The van der Waals surface area contributed by atoms with Crippen LogP contribution in [0.25, 0.3) is 0 Å². The molecule has 1 heterocycles. The Bertz CT molecular complexity index is 332. The maximum atomic E-state index is 8.86. The molecule has 7 heteroatoms. The molecular weight excluding hydrogens is 198 g/mol. The van der Waals surface area contributed by atoms with Crippen LogP contribution in [0.5, 0.6) is 5.75 Å². The Morgan fingerprint density at radius 3 is 2.08 bits per heavy atom. The predicted octanol–water partition coefficient (Wildman–Crippen LogP) is 0.443. The summed E-state index contributed by atoms with van der Waals surface area (Å²) >= 11 is 0. The number of pyridine rings is 1. The van der Waals surface area contributed by atoms with Crippen LogP contribution < -0.4 is 0 Å². The number of hydrogen-bond donors (Lipinski definition) is 3. The molecule has 74 valence electrons. The minimum atomic E-state index is -4.67. The molecule has 0 aliphatic heterocycles. The smallest absolute Gasteiger partial charge is 0.394 e. The summed E-state index contributed by atoms with van der Waals surface area (Å²) < 4.78 is 31.6. The summed E-state index contributed by atoms with van der Waals surface area (Å²) in [7, 11) is -4.67. The minimum Gasteiger partial charge on any atom is -0.506 e. The van der Waals surface area contributed by atoms with Gasteiger partial charge in [-0.15, -0.1) is 0 Å². The summed E-state index contributed by atoms with van der Waals surface area (Å²) in [6.07, 6.45) is 1.65. The fraction of sp³-hybridized carbons (Fsp3) is 0.167. The van der Waals surface area contributed by atoms with Gasteiger partial charge in [0, 0.05) is 6.20 Å². The Kier molecular flexibility index (Phi) is 4.32. The van der Waals surface area contributed by atoms with E-state index in [9.17, 15) is 0 Å². The van der Waals surface area contributed by atoms with Gasteiger partial charge in [-0.2, -0.15) is 8.42 Å². The highest BCUT2D eigenvalue weighted by atomic mass is 32.3. The predicted molar refractivity (Wildman–Crippen MR) is 44.8 cm³/mol. The van der Waals surface area contributed by atoms with Crippen LogP contribution in [-0.2, 0) is 10.4 Å². The highest BCUT2D eigenvalue weighted by Gasteiger charge is 1.88. The Balaban J connectivity index is 0.000000252. The molecule has 3 N–H and O–H groups in total. The van der Waals surface area contributed by atoms with Gasteiger partial charge in [-0.3, -0.25) is 14.1 Å². The first-order valence-corrected chi connectivity index (χ1v) is 4.51. The monoisotopic (exact) mass is 207 g/mol. The molecule has 1 aromatic heterocycles. The molecule has 6 nitrogen and oxygen atoms in total. The van der Waals surface area contributed by atoms with Crippen LogP contribution in [0.15, 0.2) is 18.3 Å². The van der Waals surface area contributed by atoms with Crippen LogP contribution in [0.2, 0.25) is 0 Å². The summed E-state index contributed by atoms with van der Waals surface area (Å²) in [5.41, 5.74) is 0.674. The summed E-state index contributed by atoms with van der Waals surface area (Å²) in [4.78, 5) is 3.83. The van der Waals surface area contributed by atoms with Gasteiger partial charge in [0.2, 0.25) is 0 Å². The van der Waals surface area contributed by atoms with Gasteiger partial charge in [-0.05, 0) is 19.1 Å². The zero-order valence-corrected chi connectivity index (χ0v) is 7.56. The summed E-state index contributed by atoms with van der Waals surface area (Å²) in [6.45, 7) is 1.76. The van der Waals surface area contributed by atoms with Crippen molar-refractivity contribution in [3.63, 3.8) is 0 Å². The molecule has 0 aliphatic carbocycles. The number of nitrogens with zero attached hydrogens (tertiary/aromatic N) is 1. The molecule has 0 aliphatic rings. The first kappa shape index (κ1) is 11.8. The Morgan fingerprint density at radius 1 is 1.38 bits per heavy atom. The maximum absolute atomic E-state index is 8.86. The standard InChI is InChI=1S/C6H7NO.H2O4S/c1-5-6(8)3-2-4-7-5;1-5(2,3)4/h2-4,8H,1H3;(H2,1,2,3,4). The molecule has 0 saturated heterocycles. The van der Waals surface area contributed by atoms with Crippen molar-refractivity contribution in [1.82, 2.24) is 4.98 Å². The third kappa shape index (κ3) is 8.73. The van der Waals surface area contributed by atoms with Crippen molar-refractivity contribution in [2.24, 2.45) is 0 Å². The van der Waals surface area contributed by atoms with Gasteiger partial charge in [-0.25, -0.2) is 0 Å². The normalized spacial score (nSPS) is 10.1. The van der Waals surface area contributed by atoms with Gasteiger partial charge in [0.25, 0.3) is 0 Å². The van der Waals surface area contributed by atoms with E-state index in [1.165, 1.54) is 0 Å². The topological polar surface area (TPSA) is 108 Å². The molecule has 0 atom stereocenters. The number of aromatic nitrogens is 1. The van der Waals surface area contributed by atoms with Crippen molar-refractivity contribution in [1.29, 1.82) is 0 Å². The molecule has 0 spiro atoms. The second kappa shape index (κ2) is 4.75. The molecule has 0 bridgehead atoms. The van der Waals surface area contributed by atoms with E-state index in [4.69, 9.17) is 22.6 Å². The number of aryl methyl sites for hydroxylation is 1.